The molecule has 0 aliphatic heterocycles. The van der Waals surface area contributed by atoms with Gasteiger partial charge in [0.15, 0.2) is 0 Å². The lowest BCUT2D eigenvalue weighted by Gasteiger charge is -2.21. The van der Waals surface area contributed by atoms with E-state index in [4.69, 9.17) is 5.11 Å². The fourth-order valence-corrected chi connectivity index (χ4v) is 1.87. The van der Waals surface area contributed by atoms with Crippen LogP contribution in [0.25, 0.3) is 10.9 Å². The van der Waals surface area contributed by atoms with Gasteiger partial charge in [0.2, 0.25) is 5.91 Å². The van der Waals surface area contributed by atoms with Crippen LogP contribution in [0.2, 0.25) is 0 Å². The minimum atomic E-state index is -1.26. The van der Waals surface area contributed by atoms with E-state index in [-0.39, 0.29) is 12.5 Å². The Labute approximate surface area is 110 Å². The first-order chi connectivity index (χ1) is 8.90. The van der Waals surface area contributed by atoms with Crippen molar-refractivity contribution in [1.29, 1.82) is 0 Å². The largest absolute Gasteiger partial charge is 0.480 e. The second-order valence-corrected chi connectivity index (χ2v) is 4.98. The van der Waals surface area contributed by atoms with E-state index in [9.17, 15) is 9.59 Å². The van der Waals surface area contributed by atoms with E-state index in [2.05, 4.69) is 5.32 Å². The number of carboxylic acids is 1. The van der Waals surface area contributed by atoms with Crippen molar-refractivity contribution in [2.24, 2.45) is 0 Å². The van der Waals surface area contributed by atoms with E-state index in [0.717, 1.165) is 10.9 Å². The van der Waals surface area contributed by atoms with Crippen LogP contribution in [0, 0.1) is 0 Å². The minimum Gasteiger partial charge on any atom is -0.480 e. The van der Waals surface area contributed by atoms with Crippen molar-refractivity contribution in [3.05, 3.63) is 36.5 Å². The van der Waals surface area contributed by atoms with Crippen LogP contribution in [0.4, 0.5) is 0 Å². The molecule has 0 aliphatic carbocycles. The summed E-state index contributed by atoms with van der Waals surface area (Å²) in [6.45, 7) is 3.02. The van der Waals surface area contributed by atoms with Crippen molar-refractivity contribution in [3.8, 4) is 0 Å². The molecule has 1 aromatic carbocycles. The molecule has 0 spiro atoms. The number of nitrogens with one attached hydrogen (secondary N) is 1. The molecule has 0 saturated heterocycles. The van der Waals surface area contributed by atoms with E-state index < -0.39 is 11.5 Å². The number of aromatic nitrogens is 1. The zero-order chi connectivity index (χ0) is 14.0. The zero-order valence-corrected chi connectivity index (χ0v) is 10.9. The van der Waals surface area contributed by atoms with Crippen molar-refractivity contribution in [2.45, 2.75) is 25.9 Å². The number of para-hydroxylation sites is 1. The Balaban J connectivity index is 2.13. The Morgan fingerprint density at radius 2 is 1.95 bits per heavy atom. The maximum Gasteiger partial charge on any atom is 0.328 e. The van der Waals surface area contributed by atoms with Crippen LogP contribution in [-0.4, -0.2) is 27.1 Å². The average molecular weight is 260 g/mol. The molecule has 0 bridgehead atoms. The van der Waals surface area contributed by atoms with Crippen molar-refractivity contribution < 1.29 is 14.7 Å². The summed E-state index contributed by atoms with van der Waals surface area (Å²) in [5.41, 5.74) is -0.314. The Bertz CT molecular complexity index is 628. The lowest BCUT2D eigenvalue weighted by molar-refractivity contribution is -0.146. The number of rotatable bonds is 4. The number of hydrogen-bond donors (Lipinski definition) is 2. The topological polar surface area (TPSA) is 71.3 Å². The van der Waals surface area contributed by atoms with Crippen LogP contribution in [0.1, 0.15) is 13.8 Å². The molecule has 0 aliphatic rings. The Hall–Kier alpha value is -2.30. The summed E-state index contributed by atoms with van der Waals surface area (Å²) in [7, 11) is 0. The Morgan fingerprint density at radius 1 is 1.26 bits per heavy atom. The molecule has 0 radical (unpaired) electrons. The summed E-state index contributed by atoms with van der Waals surface area (Å²) in [6, 6.07) is 9.64. The van der Waals surface area contributed by atoms with Crippen molar-refractivity contribution in [1.82, 2.24) is 9.88 Å². The molecule has 100 valence electrons. The highest BCUT2D eigenvalue weighted by Crippen LogP contribution is 2.14. The molecule has 5 nitrogen and oxygen atoms in total. The van der Waals surface area contributed by atoms with Gasteiger partial charge in [0.05, 0.1) is 0 Å². The second kappa shape index (κ2) is 4.76. The summed E-state index contributed by atoms with van der Waals surface area (Å²) in [4.78, 5) is 22.8. The maximum absolute atomic E-state index is 11.9. The van der Waals surface area contributed by atoms with Gasteiger partial charge in [0.25, 0.3) is 0 Å². The molecule has 1 aromatic heterocycles. The van der Waals surface area contributed by atoms with Gasteiger partial charge in [0.1, 0.15) is 12.1 Å². The van der Waals surface area contributed by atoms with Gasteiger partial charge in [0, 0.05) is 11.7 Å². The van der Waals surface area contributed by atoms with E-state index in [0.29, 0.717) is 0 Å². The predicted molar refractivity (Wildman–Crippen MR) is 71.8 cm³/mol. The third kappa shape index (κ3) is 2.76. The van der Waals surface area contributed by atoms with Gasteiger partial charge in [-0.05, 0) is 31.4 Å². The number of hydrogen-bond acceptors (Lipinski definition) is 2. The first kappa shape index (κ1) is 13.1. The highest BCUT2D eigenvalue weighted by Gasteiger charge is 2.28. The number of amides is 1. The van der Waals surface area contributed by atoms with Gasteiger partial charge in [-0.3, -0.25) is 4.79 Å². The lowest BCUT2D eigenvalue weighted by atomic mass is 10.1. The molecular formula is C14H16N2O3. The van der Waals surface area contributed by atoms with Crippen LogP contribution in [0.3, 0.4) is 0 Å². The lowest BCUT2D eigenvalue weighted by Crippen LogP contribution is -2.50. The second-order valence-electron chi connectivity index (χ2n) is 4.98. The monoisotopic (exact) mass is 260 g/mol. The summed E-state index contributed by atoms with van der Waals surface area (Å²) in [6.07, 6.45) is 1.82. The maximum atomic E-state index is 11.9. The van der Waals surface area contributed by atoms with E-state index in [1.54, 1.807) is 4.57 Å². The molecule has 2 aromatic rings. The zero-order valence-electron chi connectivity index (χ0n) is 10.9. The molecule has 2 rings (SSSR count). The van der Waals surface area contributed by atoms with Gasteiger partial charge in [-0.15, -0.1) is 0 Å². The molecule has 1 amide bonds. The highest BCUT2D eigenvalue weighted by molar-refractivity contribution is 5.87. The Kier molecular flexibility index (Phi) is 3.29. The van der Waals surface area contributed by atoms with Gasteiger partial charge in [-0.25, -0.2) is 4.79 Å². The molecule has 19 heavy (non-hydrogen) atoms. The number of carbonyl (C=O) groups is 2. The van der Waals surface area contributed by atoms with Crippen LogP contribution in [0.15, 0.2) is 36.5 Å². The molecular weight excluding hydrogens is 244 g/mol. The number of fused-ring (bicyclic) bond motifs is 1. The first-order valence-electron chi connectivity index (χ1n) is 5.98. The van der Waals surface area contributed by atoms with Gasteiger partial charge < -0.3 is 15.0 Å². The highest BCUT2D eigenvalue weighted by atomic mass is 16.4. The molecule has 0 unspecified atom stereocenters. The number of nitrogens with zero attached hydrogens (tertiary/aromatic N) is 1. The third-order valence-electron chi connectivity index (χ3n) is 2.98. The number of carbonyl (C=O) groups excluding carboxylic acids is 1. The standard InChI is InChI=1S/C14H16N2O3/c1-14(2,13(18)19)15-12(17)9-16-8-7-10-5-3-4-6-11(10)16/h3-8H,9H2,1-2H3,(H,15,17)(H,18,19). The molecule has 0 atom stereocenters. The summed E-state index contributed by atoms with van der Waals surface area (Å²) < 4.78 is 1.79. The van der Waals surface area contributed by atoms with E-state index >= 15 is 0 Å². The molecule has 5 heteroatoms. The summed E-state index contributed by atoms with van der Waals surface area (Å²) in [5, 5.41) is 12.5. The van der Waals surface area contributed by atoms with Crippen LogP contribution in [0.5, 0.6) is 0 Å². The van der Waals surface area contributed by atoms with Crippen molar-refractivity contribution in [2.75, 3.05) is 0 Å². The van der Waals surface area contributed by atoms with Crippen LogP contribution in [-0.2, 0) is 16.1 Å². The van der Waals surface area contributed by atoms with Crippen LogP contribution >= 0.6 is 0 Å². The quantitative estimate of drug-likeness (QED) is 0.877. The van der Waals surface area contributed by atoms with E-state index in [1.807, 2.05) is 36.5 Å². The normalized spacial score (nSPS) is 11.5. The van der Waals surface area contributed by atoms with E-state index in [1.165, 1.54) is 13.8 Å². The summed E-state index contributed by atoms with van der Waals surface area (Å²) >= 11 is 0. The molecule has 0 fully saturated rings. The smallest absolute Gasteiger partial charge is 0.328 e. The van der Waals surface area contributed by atoms with Crippen molar-refractivity contribution in [3.63, 3.8) is 0 Å². The molecule has 0 saturated carbocycles. The van der Waals surface area contributed by atoms with Gasteiger partial charge in [-0.1, -0.05) is 18.2 Å². The minimum absolute atomic E-state index is 0.101. The SMILES string of the molecule is CC(C)(NC(=O)Cn1ccc2ccccc21)C(=O)O. The third-order valence-corrected chi connectivity index (χ3v) is 2.98. The predicted octanol–water partition coefficient (Wildman–Crippen LogP) is 1.62. The molecule has 2 N–H and O–H groups in total. The Morgan fingerprint density at radius 3 is 2.63 bits per heavy atom. The van der Waals surface area contributed by atoms with Crippen molar-refractivity contribution >= 4 is 22.8 Å². The number of aliphatic carboxylic acids is 1. The van der Waals surface area contributed by atoms with Gasteiger partial charge in [-0.2, -0.15) is 0 Å². The van der Waals surface area contributed by atoms with Crippen LogP contribution < -0.4 is 5.32 Å². The number of benzene rings is 1. The average Bonchev–Trinajstić information content (AvgIpc) is 2.72. The summed E-state index contributed by atoms with van der Waals surface area (Å²) in [5.74, 6) is -1.38. The van der Waals surface area contributed by atoms with Gasteiger partial charge >= 0.3 is 5.97 Å². The fraction of sp³-hybridized carbons (Fsp3) is 0.286. The molecule has 1 heterocycles. The first-order valence-corrected chi connectivity index (χ1v) is 5.98. The number of carboxylic acid groups (broad SMARTS) is 1. The fourth-order valence-electron chi connectivity index (χ4n) is 1.87.